The van der Waals surface area contributed by atoms with Crippen LogP contribution < -0.4 is 5.32 Å². The number of nitrogens with zero attached hydrogens (tertiary/aromatic N) is 1. The second-order valence-electron chi connectivity index (χ2n) is 6.54. The molecule has 2 saturated heterocycles. The lowest BCUT2D eigenvalue weighted by Gasteiger charge is -2.40. The molecule has 2 heterocycles. The molecule has 4 unspecified atom stereocenters. The highest BCUT2D eigenvalue weighted by Gasteiger charge is 2.32. The van der Waals surface area contributed by atoms with Gasteiger partial charge in [0.1, 0.15) is 0 Å². The van der Waals surface area contributed by atoms with Gasteiger partial charge in [-0.1, -0.05) is 37.3 Å². The Balaban J connectivity index is 1.64. The summed E-state index contributed by atoms with van der Waals surface area (Å²) in [4.78, 5) is 2.66. The van der Waals surface area contributed by atoms with Crippen LogP contribution in [0.5, 0.6) is 0 Å². The summed E-state index contributed by atoms with van der Waals surface area (Å²) in [5.41, 5.74) is 1.41. The van der Waals surface area contributed by atoms with Crippen LogP contribution in [-0.2, 0) is 4.74 Å². The monoisotopic (exact) mass is 288 g/mol. The van der Waals surface area contributed by atoms with Crippen LogP contribution in [0, 0.1) is 5.92 Å². The average molecular weight is 288 g/mol. The lowest BCUT2D eigenvalue weighted by Crippen LogP contribution is -2.53. The van der Waals surface area contributed by atoms with E-state index in [0.717, 1.165) is 26.1 Å². The van der Waals surface area contributed by atoms with E-state index in [1.807, 2.05) is 0 Å². The maximum absolute atomic E-state index is 5.86. The van der Waals surface area contributed by atoms with Crippen molar-refractivity contribution in [3.05, 3.63) is 35.9 Å². The van der Waals surface area contributed by atoms with Crippen molar-refractivity contribution in [2.75, 3.05) is 26.2 Å². The van der Waals surface area contributed by atoms with Crippen LogP contribution in [-0.4, -0.2) is 43.3 Å². The predicted octanol–water partition coefficient (Wildman–Crippen LogP) is 2.84. The normalized spacial score (nSPS) is 34.2. The molecule has 0 saturated carbocycles. The summed E-state index contributed by atoms with van der Waals surface area (Å²) < 4.78 is 5.86. The predicted molar refractivity (Wildman–Crippen MR) is 86.4 cm³/mol. The fourth-order valence-electron chi connectivity index (χ4n) is 3.74. The van der Waals surface area contributed by atoms with Gasteiger partial charge in [0.15, 0.2) is 0 Å². The van der Waals surface area contributed by atoms with Crippen LogP contribution >= 0.6 is 0 Å². The van der Waals surface area contributed by atoms with Gasteiger partial charge >= 0.3 is 0 Å². The number of nitrogens with one attached hydrogen (secondary N) is 1. The lowest BCUT2D eigenvalue weighted by molar-refractivity contribution is 0.0589. The second-order valence-corrected chi connectivity index (χ2v) is 6.54. The Bertz CT molecular complexity index is 436. The maximum Gasteiger partial charge on any atom is 0.0613 e. The summed E-state index contributed by atoms with van der Waals surface area (Å²) in [6.07, 6.45) is 2.85. The number of hydrogen-bond donors (Lipinski definition) is 1. The maximum atomic E-state index is 5.86. The molecule has 0 amide bonds. The summed E-state index contributed by atoms with van der Waals surface area (Å²) in [6, 6.07) is 11.9. The fraction of sp³-hybridized carbons (Fsp3) is 0.667. The van der Waals surface area contributed by atoms with Crippen LogP contribution in [0.4, 0.5) is 0 Å². The number of ether oxygens (including phenoxy) is 1. The van der Waals surface area contributed by atoms with Gasteiger partial charge in [-0.3, -0.25) is 4.90 Å². The van der Waals surface area contributed by atoms with Crippen molar-refractivity contribution < 1.29 is 4.74 Å². The van der Waals surface area contributed by atoms with Gasteiger partial charge in [0, 0.05) is 38.3 Å². The minimum absolute atomic E-state index is 0.463. The van der Waals surface area contributed by atoms with Crippen molar-refractivity contribution in [2.45, 2.75) is 44.9 Å². The molecule has 0 radical (unpaired) electrons. The first-order valence-corrected chi connectivity index (χ1v) is 8.42. The van der Waals surface area contributed by atoms with Crippen LogP contribution in [0.25, 0.3) is 0 Å². The molecular weight excluding hydrogens is 260 g/mol. The van der Waals surface area contributed by atoms with E-state index >= 15 is 0 Å². The number of rotatable bonds is 4. The molecule has 2 aliphatic heterocycles. The van der Waals surface area contributed by atoms with Crippen LogP contribution in [0.1, 0.15) is 38.3 Å². The van der Waals surface area contributed by atoms with Crippen molar-refractivity contribution in [2.24, 2.45) is 5.92 Å². The van der Waals surface area contributed by atoms with Gasteiger partial charge in [0.2, 0.25) is 0 Å². The Morgan fingerprint density at radius 2 is 2.10 bits per heavy atom. The van der Waals surface area contributed by atoms with E-state index in [1.165, 1.54) is 18.5 Å². The lowest BCUT2D eigenvalue weighted by atomic mass is 9.96. The number of hydrogen-bond acceptors (Lipinski definition) is 3. The van der Waals surface area contributed by atoms with Crippen molar-refractivity contribution >= 4 is 0 Å². The third-order valence-corrected chi connectivity index (χ3v) is 5.12. The molecule has 4 atom stereocenters. The SMILES string of the molecule is CCC1OCCC1CN1CC(c2ccccc2)NCC1C. The first-order valence-electron chi connectivity index (χ1n) is 8.42. The molecule has 2 aliphatic rings. The molecule has 21 heavy (non-hydrogen) atoms. The molecule has 1 N–H and O–H groups in total. The molecule has 2 fully saturated rings. The zero-order valence-electron chi connectivity index (χ0n) is 13.3. The summed E-state index contributed by atoms with van der Waals surface area (Å²) >= 11 is 0. The van der Waals surface area contributed by atoms with Crippen LogP contribution in [0.2, 0.25) is 0 Å². The Labute approximate surface area is 128 Å². The molecule has 0 spiro atoms. The quantitative estimate of drug-likeness (QED) is 0.922. The van der Waals surface area contributed by atoms with Gasteiger partial charge in [0.05, 0.1) is 6.10 Å². The van der Waals surface area contributed by atoms with E-state index in [4.69, 9.17) is 4.74 Å². The topological polar surface area (TPSA) is 24.5 Å². The summed E-state index contributed by atoms with van der Waals surface area (Å²) in [5.74, 6) is 0.715. The summed E-state index contributed by atoms with van der Waals surface area (Å²) in [7, 11) is 0. The Kier molecular flexibility index (Phi) is 4.94. The average Bonchev–Trinajstić information content (AvgIpc) is 2.97. The first kappa shape index (κ1) is 15.0. The second kappa shape index (κ2) is 6.91. The standard InChI is InChI=1S/C18H28N2O/c1-3-18-16(9-10-21-18)12-20-13-17(19-11-14(20)2)15-7-5-4-6-8-15/h4-8,14,16-19H,3,9-13H2,1-2H3. The zero-order valence-corrected chi connectivity index (χ0v) is 13.3. The highest BCUT2D eigenvalue weighted by Crippen LogP contribution is 2.27. The van der Waals surface area contributed by atoms with Crippen LogP contribution in [0.3, 0.4) is 0 Å². The third kappa shape index (κ3) is 3.47. The molecule has 3 heteroatoms. The highest BCUT2D eigenvalue weighted by molar-refractivity contribution is 5.20. The van der Waals surface area contributed by atoms with E-state index in [-0.39, 0.29) is 0 Å². The van der Waals surface area contributed by atoms with E-state index in [2.05, 4.69) is 54.4 Å². The van der Waals surface area contributed by atoms with Gasteiger partial charge in [-0.2, -0.15) is 0 Å². The Morgan fingerprint density at radius 1 is 1.29 bits per heavy atom. The smallest absolute Gasteiger partial charge is 0.0613 e. The van der Waals surface area contributed by atoms with E-state index in [1.54, 1.807) is 0 Å². The molecular formula is C18H28N2O. The van der Waals surface area contributed by atoms with E-state index < -0.39 is 0 Å². The van der Waals surface area contributed by atoms with Crippen molar-refractivity contribution in [3.8, 4) is 0 Å². The van der Waals surface area contributed by atoms with Crippen molar-refractivity contribution in [1.29, 1.82) is 0 Å². The highest BCUT2D eigenvalue weighted by atomic mass is 16.5. The summed E-state index contributed by atoms with van der Waals surface area (Å²) in [5, 5.41) is 3.69. The van der Waals surface area contributed by atoms with Gasteiger partial charge in [-0.05, 0) is 31.2 Å². The fourth-order valence-corrected chi connectivity index (χ4v) is 3.74. The molecule has 3 rings (SSSR count). The molecule has 1 aromatic carbocycles. The summed E-state index contributed by atoms with van der Waals surface area (Å²) in [6.45, 7) is 8.90. The Hall–Kier alpha value is -0.900. The molecule has 0 aliphatic carbocycles. The minimum Gasteiger partial charge on any atom is -0.378 e. The zero-order chi connectivity index (χ0) is 14.7. The van der Waals surface area contributed by atoms with Crippen LogP contribution in [0.15, 0.2) is 30.3 Å². The molecule has 0 aromatic heterocycles. The number of benzene rings is 1. The third-order valence-electron chi connectivity index (χ3n) is 5.12. The van der Waals surface area contributed by atoms with Gasteiger partial charge in [-0.25, -0.2) is 0 Å². The molecule has 116 valence electrons. The largest absolute Gasteiger partial charge is 0.378 e. The van der Waals surface area contributed by atoms with Gasteiger partial charge < -0.3 is 10.1 Å². The first-order chi connectivity index (χ1) is 10.3. The molecule has 0 bridgehead atoms. The van der Waals surface area contributed by atoms with Gasteiger partial charge in [-0.15, -0.1) is 0 Å². The van der Waals surface area contributed by atoms with Crippen molar-refractivity contribution in [1.82, 2.24) is 10.2 Å². The Morgan fingerprint density at radius 3 is 2.86 bits per heavy atom. The molecule has 1 aromatic rings. The van der Waals surface area contributed by atoms with Crippen molar-refractivity contribution in [3.63, 3.8) is 0 Å². The van der Waals surface area contributed by atoms with E-state index in [0.29, 0.717) is 24.1 Å². The molecule has 3 nitrogen and oxygen atoms in total. The van der Waals surface area contributed by atoms with E-state index in [9.17, 15) is 0 Å². The van der Waals surface area contributed by atoms with Gasteiger partial charge in [0.25, 0.3) is 0 Å². The minimum atomic E-state index is 0.463. The number of piperazine rings is 1.